The van der Waals surface area contributed by atoms with E-state index in [1.54, 1.807) is 0 Å². The third kappa shape index (κ3) is 10.3. The van der Waals surface area contributed by atoms with E-state index in [1.165, 1.54) is 11.1 Å². The van der Waals surface area contributed by atoms with Crippen LogP contribution in [0.2, 0.25) is 0 Å². The summed E-state index contributed by atoms with van der Waals surface area (Å²) in [7, 11) is 0. The van der Waals surface area contributed by atoms with E-state index in [0.29, 0.717) is 0 Å². The van der Waals surface area contributed by atoms with Crippen LogP contribution in [0.15, 0.2) is 84.9 Å². The number of benzene rings is 3. The fourth-order valence-electron chi connectivity index (χ4n) is 2.38. The molecule has 0 aliphatic rings. The number of anilines is 2. The molecule has 0 aliphatic carbocycles. The topological polar surface area (TPSA) is 12.0 Å². The Balaban J connectivity index is 0.00000103. The monoisotopic (exact) mass is 363 g/mol. The fraction of sp³-hybridized carbons (Fsp3) is 0.308. The van der Waals surface area contributed by atoms with Crippen molar-refractivity contribution in [2.75, 3.05) is 5.32 Å². The Labute approximate surface area is 167 Å². The molecule has 1 N–H and O–H groups in total. The highest BCUT2D eigenvalue weighted by atomic mass is 14.9. The van der Waals surface area contributed by atoms with Gasteiger partial charge in [-0.15, -0.1) is 0 Å². The number of nitrogens with one attached hydrogen (secondary N) is 1. The molecule has 146 valence electrons. The van der Waals surface area contributed by atoms with E-state index in [0.717, 1.165) is 24.2 Å². The van der Waals surface area contributed by atoms with Crippen LogP contribution < -0.4 is 5.32 Å². The highest BCUT2D eigenvalue weighted by Gasteiger charge is 1.97. The first kappa shape index (κ1) is 24.5. The molecule has 0 amide bonds. The van der Waals surface area contributed by atoms with Crippen molar-refractivity contribution in [1.82, 2.24) is 0 Å². The van der Waals surface area contributed by atoms with Gasteiger partial charge >= 0.3 is 0 Å². The average molecular weight is 364 g/mol. The Kier molecular flexibility index (Phi) is 15.3. The number of hydrogen-bond donors (Lipinski definition) is 1. The van der Waals surface area contributed by atoms with Gasteiger partial charge in [-0.3, -0.25) is 0 Å². The van der Waals surface area contributed by atoms with Crippen LogP contribution in [0.3, 0.4) is 0 Å². The molecule has 0 aliphatic heterocycles. The fourth-order valence-corrected chi connectivity index (χ4v) is 2.38. The van der Waals surface area contributed by atoms with Gasteiger partial charge in [-0.1, -0.05) is 102 Å². The highest BCUT2D eigenvalue weighted by molar-refractivity contribution is 5.59. The van der Waals surface area contributed by atoms with Crippen molar-refractivity contribution in [3.63, 3.8) is 0 Å². The lowest BCUT2D eigenvalue weighted by Gasteiger charge is -2.07. The molecule has 3 aromatic rings. The summed E-state index contributed by atoms with van der Waals surface area (Å²) in [5, 5.41) is 3.40. The standard InChI is InChI=1S/C20H19N.3C2H6/c1-3-7-17(8-4-1)11-12-18-13-15-20(16-14-18)21-19-9-5-2-6-10-19;3*1-2/h1-10,13-16,21H,11-12H2;3*1-2H3. The quantitative estimate of drug-likeness (QED) is 0.480. The zero-order valence-electron chi connectivity index (χ0n) is 18.0. The number of hydrogen-bond acceptors (Lipinski definition) is 1. The summed E-state index contributed by atoms with van der Waals surface area (Å²) in [5.41, 5.74) is 5.01. The Morgan fingerprint density at radius 1 is 0.444 bits per heavy atom. The highest BCUT2D eigenvalue weighted by Crippen LogP contribution is 2.17. The molecule has 27 heavy (non-hydrogen) atoms. The molecule has 1 heteroatoms. The molecule has 1 nitrogen and oxygen atoms in total. The van der Waals surface area contributed by atoms with Crippen LogP contribution in [0.25, 0.3) is 0 Å². The third-order valence-electron chi connectivity index (χ3n) is 3.56. The smallest absolute Gasteiger partial charge is 0.0384 e. The van der Waals surface area contributed by atoms with Crippen molar-refractivity contribution < 1.29 is 0 Å². The van der Waals surface area contributed by atoms with Crippen molar-refractivity contribution >= 4 is 11.4 Å². The van der Waals surface area contributed by atoms with Crippen LogP contribution in [0, 0.1) is 0 Å². The molecule has 3 rings (SSSR count). The number of aryl methyl sites for hydroxylation is 2. The summed E-state index contributed by atoms with van der Waals surface area (Å²) in [6.07, 6.45) is 2.17. The maximum Gasteiger partial charge on any atom is 0.0384 e. The predicted molar refractivity (Wildman–Crippen MR) is 124 cm³/mol. The minimum absolute atomic E-state index is 1.08. The van der Waals surface area contributed by atoms with E-state index in [9.17, 15) is 0 Å². The van der Waals surface area contributed by atoms with Gasteiger partial charge in [-0.25, -0.2) is 0 Å². The number of para-hydroxylation sites is 1. The van der Waals surface area contributed by atoms with E-state index in [4.69, 9.17) is 0 Å². The van der Waals surface area contributed by atoms with Gasteiger partial charge in [0.05, 0.1) is 0 Å². The molecule has 0 fully saturated rings. The summed E-state index contributed by atoms with van der Waals surface area (Å²) in [6.45, 7) is 12.0. The Bertz CT molecular complexity index is 658. The van der Waals surface area contributed by atoms with E-state index in [-0.39, 0.29) is 0 Å². The minimum Gasteiger partial charge on any atom is -0.356 e. The Morgan fingerprint density at radius 3 is 1.30 bits per heavy atom. The van der Waals surface area contributed by atoms with Crippen molar-refractivity contribution in [3.8, 4) is 0 Å². The molecule has 0 heterocycles. The molecular formula is C26H37N. The van der Waals surface area contributed by atoms with Gasteiger partial charge in [-0.2, -0.15) is 0 Å². The van der Waals surface area contributed by atoms with Crippen LogP contribution >= 0.6 is 0 Å². The molecule has 0 spiro atoms. The zero-order chi connectivity index (χ0) is 20.3. The minimum atomic E-state index is 1.08. The lowest BCUT2D eigenvalue weighted by atomic mass is 10.0. The van der Waals surface area contributed by atoms with Crippen LogP contribution in [0.5, 0.6) is 0 Å². The van der Waals surface area contributed by atoms with Crippen LogP contribution in [0.1, 0.15) is 52.7 Å². The van der Waals surface area contributed by atoms with E-state index in [2.05, 4.69) is 72.0 Å². The van der Waals surface area contributed by atoms with Gasteiger partial charge < -0.3 is 5.32 Å². The average Bonchev–Trinajstić information content (AvgIpc) is 2.79. The molecule has 0 saturated carbocycles. The SMILES string of the molecule is CC.CC.CC.c1ccc(CCc2ccc(Nc3ccccc3)cc2)cc1. The van der Waals surface area contributed by atoms with Gasteiger partial charge in [0.25, 0.3) is 0 Å². The summed E-state index contributed by atoms with van der Waals surface area (Å²) in [6, 6.07) is 29.6. The van der Waals surface area contributed by atoms with E-state index < -0.39 is 0 Å². The third-order valence-corrected chi connectivity index (χ3v) is 3.56. The molecule has 0 aromatic heterocycles. The zero-order valence-corrected chi connectivity index (χ0v) is 18.0. The lowest BCUT2D eigenvalue weighted by molar-refractivity contribution is 0.960. The maximum absolute atomic E-state index is 3.40. The summed E-state index contributed by atoms with van der Waals surface area (Å²) in [4.78, 5) is 0. The molecule has 0 atom stereocenters. The molecule has 0 radical (unpaired) electrons. The van der Waals surface area contributed by atoms with E-state index in [1.807, 2.05) is 59.7 Å². The summed E-state index contributed by atoms with van der Waals surface area (Å²) < 4.78 is 0. The van der Waals surface area contributed by atoms with Gasteiger partial charge in [-0.05, 0) is 48.2 Å². The second kappa shape index (κ2) is 16.9. The van der Waals surface area contributed by atoms with Gasteiger partial charge in [0.15, 0.2) is 0 Å². The first-order valence-corrected chi connectivity index (χ1v) is 10.3. The Hall–Kier alpha value is -2.54. The predicted octanol–water partition coefficient (Wildman–Crippen LogP) is 8.29. The van der Waals surface area contributed by atoms with Crippen LogP contribution in [-0.4, -0.2) is 0 Å². The van der Waals surface area contributed by atoms with Crippen LogP contribution in [0.4, 0.5) is 11.4 Å². The van der Waals surface area contributed by atoms with Crippen LogP contribution in [-0.2, 0) is 12.8 Å². The van der Waals surface area contributed by atoms with Crippen molar-refractivity contribution in [1.29, 1.82) is 0 Å². The second-order valence-electron chi connectivity index (χ2n) is 5.17. The molecule has 0 saturated heterocycles. The first-order valence-electron chi connectivity index (χ1n) is 10.3. The van der Waals surface area contributed by atoms with Crippen molar-refractivity contribution in [2.45, 2.75) is 54.4 Å². The van der Waals surface area contributed by atoms with E-state index >= 15 is 0 Å². The van der Waals surface area contributed by atoms with Crippen molar-refractivity contribution in [2.24, 2.45) is 0 Å². The Morgan fingerprint density at radius 2 is 0.815 bits per heavy atom. The largest absolute Gasteiger partial charge is 0.356 e. The second-order valence-corrected chi connectivity index (χ2v) is 5.17. The van der Waals surface area contributed by atoms with Gasteiger partial charge in [0.2, 0.25) is 0 Å². The summed E-state index contributed by atoms with van der Waals surface area (Å²) in [5.74, 6) is 0. The lowest BCUT2D eigenvalue weighted by Crippen LogP contribution is -1.93. The van der Waals surface area contributed by atoms with Gasteiger partial charge in [0.1, 0.15) is 0 Å². The molecule has 0 unspecified atom stereocenters. The summed E-state index contributed by atoms with van der Waals surface area (Å²) >= 11 is 0. The molecule has 0 bridgehead atoms. The van der Waals surface area contributed by atoms with Gasteiger partial charge in [0, 0.05) is 11.4 Å². The maximum atomic E-state index is 3.40. The first-order chi connectivity index (χ1) is 13.4. The van der Waals surface area contributed by atoms with Crippen molar-refractivity contribution in [3.05, 3.63) is 96.1 Å². The molecule has 3 aromatic carbocycles. The normalized spacial score (nSPS) is 8.67. The number of rotatable bonds is 5. The molecular weight excluding hydrogens is 326 g/mol.